The molecule has 0 spiro atoms. The van der Waals surface area contributed by atoms with Gasteiger partial charge in [0.05, 0.1) is 5.69 Å². The van der Waals surface area contributed by atoms with Crippen LogP contribution >= 0.6 is 22.9 Å². The molecule has 4 nitrogen and oxygen atoms in total. The summed E-state index contributed by atoms with van der Waals surface area (Å²) in [6, 6.07) is 0.0419. The van der Waals surface area contributed by atoms with Gasteiger partial charge in [-0.1, -0.05) is 36.3 Å². The molecule has 1 aliphatic rings. The SMILES string of the molecule is Cc1nc(Cl)sc1S(=O)(=O)NC1CCCC1C. The second-order valence-electron chi connectivity index (χ2n) is 4.48. The standard InChI is InChI=1S/C10H15ClN2O2S2/c1-6-4-3-5-8(6)13-17(14,15)9-7(2)12-10(11)16-9/h6,8,13H,3-5H2,1-2H3. The molecule has 0 aromatic carbocycles. The summed E-state index contributed by atoms with van der Waals surface area (Å²) in [7, 11) is -3.46. The lowest BCUT2D eigenvalue weighted by Gasteiger charge is -2.16. The van der Waals surface area contributed by atoms with E-state index in [1.54, 1.807) is 6.92 Å². The molecule has 2 atom stereocenters. The van der Waals surface area contributed by atoms with Crippen LogP contribution in [0.2, 0.25) is 4.47 Å². The highest BCUT2D eigenvalue weighted by atomic mass is 35.5. The zero-order valence-electron chi connectivity index (χ0n) is 9.73. The number of rotatable bonds is 3. The fraction of sp³-hybridized carbons (Fsp3) is 0.700. The molecule has 0 bridgehead atoms. The van der Waals surface area contributed by atoms with Gasteiger partial charge in [-0.05, 0) is 25.7 Å². The van der Waals surface area contributed by atoms with Crippen LogP contribution in [0.25, 0.3) is 0 Å². The molecule has 1 saturated carbocycles. The first kappa shape index (κ1) is 13.3. The van der Waals surface area contributed by atoms with Gasteiger partial charge in [-0.25, -0.2) is 18.1 Å². The van der Waals surface area contributed by atoms with E-state index in [0.717, 1.165) is 30.6 Å². The summed E-state index contributed by atoms with van der Waals surface area (Å²) in [4.78, 5) is 3.94. The third-order valence-corrected chi connectivity index (χ3v) is 6.50. The van der Waals surface area contributed by atoms with Crippen LogP contribution in [0.15, 0.2) is 4.21 Å². The van der Waals surface area contributed by atoms with Crippen LogP contribution in [0.4, 0.5) is 0 Å². The first-order valence-corrected chi connectivity index (χ1v) is 8.23. The van der Waals surface area contributed by atoms with Gasteiger partial charge in [-0.2, -0.15) is 0 Å². The number of aryl methyl sites for hydroxylation is 1. The fourth-order valence-corrected chi connectivity index (χ4v) is 5.31. The summed E-state index contributed by atoms with van der Waals surface area (Å²) in [5.74, 6) is 0.397. The van der Waals surface area contributed by atoms with Crippen LogP contribution in [-0.2, 0) is 10.0 Å². The Bertz CT molecular complexity index is 512. The van der Waals surface area contributed by atoms with Crippen LogP contribution in [-0.4, -0.2) is 19.4 Å². The van der Waals surface area contributed by atoms with Gasteiger partial charge in [0.25, 0.3) is 10.0 Å². The second-order valence-corrected chi connectivity index (χ2v) is 7.97. The van der Waals surface area contributed by atoms with Crippen molar-refractivity contribution < 1.29 is 8.42 Å². The van der Waals surface area contributed by atoms with Crippen LogP contribution in [0, 0.1) is 12.8 Å². The van der Waals surface area contributed by atoms with Crippen molar-refractivity contribution in [2.24, 2.45) is 5.92 Å². The first-order chi connectivity index (χ1) is 7.90. The minimum Gasteiger partial charge on any atom is -0.229 e. The van der Waals surface area contributed by atoms with Crippen molar-refractivity contribution in [3.8, 4) is 0 Å². The molecule has 1 aliphatic carbocycles. The Morgan fingerprint density at radius 2 is 2.18 bits per heavy atom. The van der Waals surface area contributed by atoms with Crippen molar-refractivity contribution >= 4 is 33.0 Å². The van der Waals surface area contributed by atoms with Crippen LogP contribution in [0.1, 0.15) is 31.9 Å². The number of sulfonamides is 1. The normalized spacial score (nSPS) is 25.4. The Kier molecular flexibility index (Phi) is 3.77. The van der Waals surface area contributed by atoms with Gasteiger partial charge in [0.1, 0.15) is 0 Å². The quantitative estimate of drug-likeness (QED) is 0.932. The maximum absolute atomic E-state index is 12.2. The zero-order chi connectivity index (χ0) is 12.6. The van der Waals surface area contributed by atoms with Crippen molar-refractivity contribution in [3.05, 3.63) is 10.2 Å². The minimum absolute atomic E-state index is 0.0419. The Balaban J connectivity index is 2.22. The number of hydrogen-bond acceptors (Lipinski definition) is 4. The lowest BCUT2D eigenvalue weighted by atomic mass is 10.1. The maximum atomic E-state index is 12.2. The topological polar surface area (TPSA) is 59.1 Å². The number of hydrogen-bond donors (Lipinski definition) is 1. The highest BCUT2D eigenvalue weighted by Crippen LogP contribution is 2.30. The summed E-state index contributed by atoms with van der Waals surface area (Å²) in [5, 5.41) is 0. The minimum atomic E-state index is -3.46. The number of halogens is 1. The molecule has 0 aliphatic heterocycles. The third-order valence-electron chi connectivity index (χ3n) is 3.14. The molecule has 0 saturated heterocycles. The smallest absolute Gasteiger partial charge is 0.229 e. The fourth-order valence-electron chi connectivity index (χ4n) is 2.17. The lowest BCUT2D eigenvalue weighted by Crippen LogP contribution is -2.36. The van der Waals surface area contributed by atoms with Crippen molar-refractivity contribution in [1.82, 2.24) is 9.71 Å². The molecule has 1 fully saturated rings. The van der Waals surface area contributed by atoms with E-state index in [9.17, 15) is 8.42 Å². The average Bonchev–Trinajstić information content (AvgIpc) is 2.74. The van der Waals surface area contributed by atoms with Gasteiger partial charge in [0.2, 0.25) is 0 Å². The van der Waals surface area contributed by atoms with Gasteiger partial charge in [-0.3, -0.25) is 0 Å². The molecule has 7 heteroatoms. The number of nitrogens with one attached hydrogen (secondary N) is 1. The number of nitrogens with zero attached hydrogens (tertiary/aromatic N) is 1. The van der Waals surface area contributed by atoms with Gasteiger partial charge in [0.15, 0.2) is 8.68 Å². The van der Waals surface area contributed by atoms with Crippen LogP contribution in [0.3, 0.4) is 0 Å². The van der Waals surface area contributed by atoms with E-state index in [-0.39, 0.29) is 14.7 Å². The van der Waals surface area contributed by atoms with Gasteiger partial charge in [0, 0.05) is 6.04 Å². The maximum Gasteiger partial charge on any atom is 0.252 e. The highest BCUT2D eigenvalue weighted by molar-refractivity contribution is 7.91. The molecule has 96 valence electrons. The molecular weight excluding hydrogens is 280 g/mol. The summed E-state index contributed by atoms with van der Waals surface area (Å²) >= 11 is 6.74. The van der Waals surface area contributed by atoms with E-state index >= 15 is 0 Å². The molecule has 0 radical (unpaired) electrons. The van der Waals surface area contributed by atoms with E-state index in [2.05, 4.69) is 16.6 Å². The Morgan fingerprint density at radius 1 is 1.47 bits per heavy atom. The van der Waals surface area contributed by atoms with Crippen LogP contribution < -0.4 is 4.72 Å². The summed E-state index contributed by atoms with van der Waals surface area (Å²) in [6.45, 7) is 3.74. The van der Waals surface area contributed by atoms with Crippen LogP contribution in [0.5, 0.6) is 0 Å². The number of aromatic nitrogens is 1. The predicted octanol–water partition coefficient (Wildman–Crippen LogP) is 2.57. The lowest BCUT2D eigenvalue weighted by molar-refractivity contribution is 0.477. The second kappa shape index (κ2) is 4.84. The Hall–Kier alpha value is -0.170. The molecular formula is C10H15ClN2O2S2. The van der Waals surface area contributed by atoms with E-state index in [4.69, 9.17) is 11.6 Å². The summed E-state index contributed by atoms with van der Waals surface area (Å²) in [5.41, 5.74) is 0.471. The molecule has 17 heavy (non-hydrogen) atoms. The van der Waals surface area contributed by atoms with Gasteiger partial charge < -0.3 is 0 Å². The predicted molar refractivity (Wildman–Crippen MR) is 69.0 cm³/mol. The van der Waals surface area contributed by atoms with E-state index in [1.807, 2.05) is 0 Å². The van der Waals surface area contributed by atoms with E-state index < -0.39 is 10.0 Å². The van der Waals surface area contributed by atoms with Gasteiger partial charge >= 0.3 is 0 Å². The molecule has 2 unspecified atom stereocenters. The molecule has 2 rings (SSSR count). The Labute approximate surface area is 110 Å². The molecule has 1 aromatic rings. The van der Waals surface area contributed by atoms with Crippen molar-refractivity contribution in [2.45, 2.75) is 43.4 Å². The molecule has 1 N–H and O–H groups in total. The highest BCUT2D eigenvalue weighted by Gasteiger charge is 2.30. The largest absolute Gasteiger partial charge is 0.252 e. The monoisotopic (exact) mass is 294 g/mol. The van der Waals surface area contributed by atoms with Crippen molar-refractivity contribution in [2.75, 3.05) is 0 Å². The third kappa shape index (κ3) is 2.81. The first-order valence-electron chi connectivity index (χ1n) is 5.55. The molecule has 0 amide bonds. The summed E-state index contributed by atoms with van der Waals surface area (Å²) in [6.07, 6.45) is 3.07. The van der Waals surface area contributed by atoms with E-state index in [1.165, 1.54) is 0 Å². The Morgan fingerprint density at radius 3 is 2.65 bits per heavy atom. The number of thiazole rings is 1. The molecule has 1 aromatic heterocycles. The van der Waals surface area contributed by atoms with E-state index in [0.29, 0.717) is 11.6 Å². The van der Waals surface area contributed by atoms with Crippen molar-refractivity contribution in [3.63, 3.8) is 0 Å². The molecule has 1 heterocycles. The van der Waals surface area contributed by atoms with Crippen molar-refractivity contribution in [1.29, 1.82) is 0 Å². The van der Waals surface area contributed by atoms with Gasteiger partial charge in [-0.15, -0.1) is 0 Å². The average molecular weight is 295 g/mol. The summed E-state index contributed by atoms with van der Waals surface area (Å²) < 4.78 is 27.6. The zero-order valence-corrected chi connectivity index (χ0v) is 12.1.